The summed E-state index contributed by atoms with van der Waals surface area (Å²) in [5.74, 6) is 1.22. The predicted octanol–water partition coefficient (Wildman–Crippen LogP) is 2.94. The van der Waals surface area contributed by atoms with E-state index in [1.165, 1.54) is 6.92 Å². The van der Waals surface area contributed by atoms with Crippen LogP contribution in [0.4, 0.5) is 0 Å². The van der Waals surface area contributed by atoms with Crippen LogP contribution in [0.15, 0.2) is 18.2 Å². The first kappa shape index (κ1) is 12.3. The van der Waals surface area contributed by atoms with Gasteiger partial charge in [0.15, 0.2) is 17.3 Å². The van der Waals surface area contributed by atoms with E-state index in [-0.39, 0.29) is 5.78 Å². The second-order valence-corrected chi connectivity index (χ2v) is 3.32. The fourth-order valence-electron chi connectivity index (χ4n) is 1.59. The van der Waals surface area contributed by atoms with Crippen LogP contribution < -0.4 is 9.47 Å². The minimum Gasteiger partial charge on any atom is -0.493 e. The third-order valence-electron chi connectivity index (χ3n) is 2.30. The topological polar surface area (TPSA) is 35.5 Å². The first-order valence-electron chi connectivity index (χ1n) is 5.04. The Kier molecular flexibility index (Phi) is 4.11. The van der Waals surface area contributed by atoms with E-state index in [4.69, 9.17) is 9.47 Å². The molecule has 0 spiro atoms. The van der Waals surface area contributed by atoms with Crippen LogP contribution in [0, 0.1) is 0 Å². The molecule has 1 aromatic carbocycles. The Hall–Kier alpha value is -1.77. The summed E-state index contributed by atoms with van der Waals surface area (Å²) in [6.45, 7) is 3.43. The summed E-state index contributed by atoms with van der Waals surface area (Å²) in [5, 5.41) is 0. The molecule has 3 heteroatoms. The normalized spacial score (nSPS) is 10.5. The van der Waals surface area contributed by atoms with Gasteiger partial charge in [-0.2, -0.15) is 0 Å². The fraction of sp³-hybridized carbons (Fsp3) is 0.308. The van der Waals surface area contributed by atoms with Gasteiger partial charge in [0.2, 0.25) is 0 Å². The molecule has 0 aromatic heterocycles. The second-order valence-electron chi connectivity index (χ2n) is 3.32. The number of hydrogen-bond acceptors (Lipinski definition) is 3. The highest BCUT2D eigenvalue weighted by Crippen LogP contribution is 2.34. The first-order valence-corrected chi connectivity index (χ1v) is 5.04. The largest absolute Gasteiger partial charge is 0.493 e. The van der Waals surface area contributed by atoms with E-state index < -0.39 is 0 Å². The Morgan fingerprint density at radius 1 is 1.25 bits per heavy atom. The molecule has 0 aliphatic rings. The van der Waals surface area contributed by atoms with Crippen molar-refractivity contribution in [1.82, 2.24) is 0 Å². The van der Waals surface area contributed by atoms with Crippen LogP contribution in [0.2, 0.25) is 0 Å². The maximum atomic E-state index is 11.5. The second kappa shape index (κ2) is 5.35. The molecule has 1 rings (SSSR count). The van der Waals surface area contributed by atoms with Crippen molar-refractivity contribution in [2.24, 2.45) is 0 Å². The van der Waals surface area contributed by atoms with Crippen molar-refractivity contribution in [3.8, 4) is 11.5 Å². The van der Waals surface area contributed by atoms with Gasteiger partial charge < -0.3 is 9.47 Å². The van der Waals surface area contributed by atoms with E-state index in [0.717, 1.165) is 5.56 Å². The van der Waals surface area contributed by atoms with Gasteiger partial charge in [0.25, 0.3) is 0 Å². The number of Topliss-reactive ketones (excluding diaryl/α,β-unsaturated/α-hetero) is 1. The Morgan fingerprint density at radius 2 is 1.94 bits per heavy atom. The summed E-state index contributed by atoms with van der Waals surface area (Å²) in [5.41, 5.74) is 1.40. The smallest absolute Gasteiger partial charge is 0.168 e. The Labute approximate surface area is 95.7 Å². The van der Waals surface area contributed by atoms with Gasteiger partial charge in [-0.15, -0.1) is 0 Å². The highest BCUT2D eigenvalue weighted by atomic mass is 16.5. The lowest BCUT2D eigenvalue weighted by molar-refractivity contribution is 0.101. The van der Waals surface area contributed by atoms with Gasteiger partial charge in [0, 0.05) is 11.1 Å². The van der Waals surface area contributed by atoms with Crippen LogP contribution in [-0.4, -0.2) is 20.0 Å². The molecule has 0 amide bonds. The molecule has 0 aliphatic heterocycles. The minimum atomic E-state index is 0.00838. The lowest BCUT2D eigenvalue weighted by Crippen LogP contribution is -2.01. The van der Waals surface area contributed by atoms with Gasteiger partial charge in [-0.3, -0.25) is 4.79 Å². The zero-order chi connectivity index (χ0) is 12.1. The molecule has 1 aromatic rings. The molecule has 0 unspecified atom stereocenters. The number of rotatable bonds is 4. The van der Waals surface area contributed by atoms with E-state index in [9.17, 15) is 4.79 Å². The summed E-state index contributed by atoms with van der Waals surface area (Å²) in [6.07, 6.45) is 3.71. The van der Waals surface area contributed by atoms with Gasteiger partial charge >= 0.3 is 0 Å². The molecule has 16 heavy (non-hydrogen) atoms. The lowest BCUT2D eigenvalue weighted by atomic mass is 10.0. The van der Waals surface area contributed by atoms with Crippen LogP contribution in [0.1, 0.15) is 29.8 Å². The number of allylic oxidation sites excluding steroid dienone is 1. The monoisotopic (exact) mass is 220 g/mol. The number of ketones is 1. The predicted molar refractivity (Wildman–Crippen MR) is 64.3 cm³/mol. The molecule has 0 heterocycles. The number of benzene rings is 1. The van der Waals surface area contributed by atoms with Crippen molar-refractivity contribution >= 4 is 11.9 Å². The van der Waals surface area contributed by atoms with E-state index in [1.807, 2.05) is 19.1 Å². The van der Waals surface area contributed by atoms with Crippen molar-refractivity contribution in [2.75, 3.05) is 14.2 Å². The van der Waals surface area contributed by atoms with Crippen molar-refractivity contribution < 1.29 is 14.3 Å². The SMILES string of the molecule is C/C=C/c1c(C(C)=O)ccc(OC)c1OC. The molecule has 0 atom stereocenters. The third kappa shape index (κ3) is 2.24. The van der Waals surface area contributed by atoms with Crippen LogP contribution in [0.3, 0.4) is 0 Å². The van der Waals surface area contributed by atoms with Gasteiger partial charge in [0.05, 0.1) is 14.2 Å². The van der Waals surface area contributed by atoms with E-state index in [1.54, 1.807) is 26.4 Å². The average molecular weight is 220 g/mol. The molecule has 0 N–H and O–H groups in total. The summed E-state index contributed by atoms with van der Waals surface area (Å²) in [6, 6.07) is 3.49. The lowest BCUT2D eigenvalue weighted by Gasteiger charge is -2.13. The van der Waals surface area contributed by atoms with Gasteiger partial charge in [-0.05, 0) is 26.0 Å². The van der Waals surface area contributed by atoms with Crippen LogP contribution in [0.25, 0.3) is 6.08 Å². The van der Waals surface area contributed by atoms with Gasteiger partial charge in [-0.25, -0.2) is 0 Å². The molecule has 86 valence electrons. The Bertz CT molecular complexity index is 419. The molecule has 0 bridgehead atoms. The minimum absolute atomic E-state index is 0.00838. The fourth-order valence-corrected chi connectivity index (χ4v) is 1.59. The van der Waals surface area contributed by atoms with E-state index in [0.29, 0.717) is 17.1 Å². The maximum Gasteiger partial charge on any atom is 0.168 e. The number of carbonyl (C=O) groups is 1. The molecule has 0 fully saturated rings. The molecule has 0 saturated heterocycles. The molecular weight excluding hydrogens is 204 g/mol. The van der Waals surface area contributed by atoms with Crippen molar-refractivity contribution in [2.45, 2.75) is 13.8 Å². The van der Waals surface area contributed by atoms with Crippen molar-refractivity contribution in [1.29, 1.82) is 0 Å². The third-order valence-corrected chi connectivity index (χ3v) is 2.30. The number of hydrogen-bond donors (Lipinski definition) is 0. The van der Waals surface area contributed by atoms with Crippen molar-refractivity contribution in [3.05, 3.63) is 29.3 Å². The van der Waals surface area contributed by atoms with E-state index >= 15 is 0 Å². The quantitative estimate of drug-likeness (QED) is 0.732. The first-order chi connectivity index (χ1) is 7.65. The molecule has 3 nitrogen and oxygen atoms in total. The Morgan fingerprint density at radius 3 is 2.38 bits per heavy atom. The zero-order valence-electron chi connectivity index (χ0n) is 10.0. The number of ether oxygens (including phenoxy) is 2. The standard InChI is InChI=1S/C13H16O3/c1-5-6-11-10(9(2)14)7-8-12(15-3)13(11)16-4/h5-8H,1-4H3/b6-5+. The summed E-state index contributed by atoms with van der Waals surface area (Å²) >= 11 is 0. The molecule has 0 radical (unpaired) electrons. The summed E-state index contributed by atoms with van der Waals surface area (Å²) in [4.78, 5) is 11.5. The van der Waals surface area contributed by atoms with Crippen LogP contribution in [0.5, 0.6) is 11.5 Å². The summed E-state index contributed by atoms with van der Waals surface area (Å²) in [7, 11) is 3.14. The molecular formula is C13H16O3. The molecule has 0 saturated carbocycles. The van der Waals surface area contributed by atoms with E-state index in [2.05, 4.69) is 0 Å². The highest BCUT2D eigenvalue weighted by Gasteiger charge is 2.14. The van der Waals surface area contributed by atoms with Gasteiger partial charge in [-0.1, -0.05) is 12.2 Å². The van der Waals surface area contributed by atoms with Crippen LogP contribution in [-0.2, 0) is 0 Å². The molecule has 0 aliphatic carbocycles. The number of carbonyl (C=O) groups excluding carboxylic acids is 1. The van der Waals surface area contributed by atoms with Crippen LogP contribution >= 0.6 is 0 Å². The highest BCUT2D eigenvalue weighted by molar-refractivity contribution is 5.99. The zero-order valence-corrected chi connectivity index (χ0v) is 10.0. The van der Waals surface area contributed by atoms with Gasteiger partial charge in [0.1, 0.15) is 0 Å². The summed E-state index contributed by atoms with van der Waals surface area (Å²) < 4.78 is 10.5. The number of methoxy groups -OCH3 is 2. The Balaban J connectivity index is 3.49. The van der Waals surface area contributed by atoms with Crippen molar-refractivity contribution in [3.63, 3.8) is 0 Å². The maximum absolute atomic E-state index is 11.5. The average Bonchev–Trinajstić information content (AvgIpc) is 2.28.